The molecule has 2 aromatic heterocycles. The Morgan fingerprint density at radius 2 is 2.04 bits per heavy atom. The fourth-order valence-corrected chi connectivity index (χ4v) is 2.66. The monoisotopic (exact) mass is 338 g/mol. The van der Waals surface area contributed by atoms with E-state index in [0.717, 1.165) is 24.4 Å². The summed E-state index contributed by atoms with van der Waals surface area (Å²) in [6.07, 6.45) is 6.30. The van der Waals surface area contributed by atoms with Crippen molar-refractivity contribution in [3.63, 3.8) is 0 Å². The number of aromatic nitrogens is 5. The van der Waals surface area contributed by atoms with Crippen LogP contribution in [0.25, 0.3) is 0 Å². The molecule has 1 amide bonds. The number of aryl methyl sites for hydroxylation is 2. The number of imidazole rings is 1. The predicted molar refractivity (Wildman–Crippen MR) is 94.1 cm³/mol. The van der Waals surface area contributed by atoms with E-state index in [9.17, 15) is 4.79 Å². The van der Waals surface area contributed by atoms with Gasteiger partial charge in [0.2, 0.25) is 0 Å². The molecule has 0 N–H and O–H groups in total. The molecule has 2 heterocycles. The summed E-state index contributed by atoms with van der Waals surface area (Å²) in [5.74, 6) is 0.875. The molecule has 1 aromatic carbocycles. The second kappa shape index (κ2) is 7.74. The number of carbonyl (C=O) groups excluding carboxylic acids is 1. The van der Waals surface area contributed by atoms with E-state index in [-0.39, 0.29) is 5.91 Å². The van der Waals surface area contributed by atoms with Gasteiger partial charge >= 0.3 is 0 Å². The Hall–Kier alpha value is -2.96. The van der Waals surface area contributed by atoms with Gasteiger partial charge in [-0.15, -0.1) is 5.10 Å². The molecule has 0 fully saturated rings. The third-order valence-electron chi connectivity index (χ3n) is 4.11. The van der Waals surface area contributed by atoms with Crippen molar-refractivity contribution < 1.29 is 4.79 Å². The lowest BCUT2D eigenvalue weighted by molar-refractivity contribution is 0.0786. The van der Waals surface area contributed by atoms with Gasteiger partial charge in [0.05, 0.1) is 12.7 Å². The molecule has 130 valence electrons. The highest BCUT2D eigenvalue weighted by Gasteiger charge is 2.15. The van der Waals surface area contributed by atoms with Gasteiger partial charge in [-0.3, -0.25) is 4.79 Å². The highest BCUT2D eigenvalue weighted by molar-refractivity contribution is 5.91. The Bertz CT molecular complexity index is 823. The van der Waals surface area contributed by atoms with Crippen LogP contribution in [0.3, 0.4) is 0 Å². The first-order valence-electron chi connectivity index (χ1n) is 8.31. The Morgan fingerprint density at radius 3 is 2.76 bits per heavy atom. The molecule has 0 saturated carbocycles. The Balaban J connectivity index is 1.52. The normalized spacial score (nSPS) is 10.8. The van der Waals surface area contributed by atoms with Crippen molar-refractivity contribution in [2.75, 3.05) is 13.6 Å². The maximum Gasteiger partial charge on any atom is 0.275 e. The van der Waals surface area contributed by atoms with Crippen molar-refractivity contribution in [2.24, 2.45) is 0 Å². The minimum atomic E-state index is -0.110. The molecule has 0 atom stereocenters. The molecule has 7 nitrogen and oxygen atoms in total. The molecule has 0 radical (unpaired) electrons. The van der Waals surface area contributed by atoms with Crippen molar-refractivity contribution in [1.82, 2.24) is 29.4 Å². The summed E-state index contributed by atoms with van der Waals surface area (Å²) in [6, 6.07) is 9.98. The lowest BCUT2D eigenvalue weighted by atomic mass is 10.2. The summed E-state index contributed by atoms with van der Waals surface area (Å²) < 4.78 is 3.76. The fraction of sp³-hybridized carbons (Fsp3) is 0.333. The smallest absolute Gasteiger partial charge is 0.275 e. The first kappa shape index (κ1) is 16.9. The van der Waals surface area contributed by atoms with Crippen LogP contribution < -0.4 is 0 Å². The van der Waals surface area contributed by atoms with Gasteiger partial charge in [0.25, 0.3) is 5.91 Å². The molecule has 0 aliphatic carbocycles. The van der Waals surface area contributed by atoms with E-state index in [2.05, 4.69) is 19.9 Å². The first-order valence-corrected chi connectivity index (χ1v) is 8.31. The number of hydrogen-bond acceptors (Lipinski definition) is 4. The Labute approximate surface area is 146 Å². The topological polar surface area (TPSA) is 68.8 Å². The number of benzene rings is 1. The molecule has 3 aromatic rings. The van der Waals surface area contributed by atoms with Crippen LogP contribution in [-0.2, 0) is 13.1 Å². The van der Waals surface area contributed by atoms with Crippen LogP contribution in [0, 0.1) is 6.92 Å². The van der Waals surface area contributed by atoms with Gasteiger partial charge in [-0.05, 0) is 18.9 Å². The largest absolute Gasteiger partial charge is 0.340 e. The molecule has 25 heavy (non-hydrogen) atoms. The van der Waals surface area contributed by atoms with Crippen LogP contribution in [-0.4, -0.2) is 48.9 Å². The SMILES string of the molecule is Cc1nccn1CCCN(C)C(=O)c1cn(Cc2ccccc2)nn1. The summed E-state index contributed by atoms with van der Waals surface area (Å²) in [6.45, 7) is 4.07. The van der Waals surface area contributed by atoms with Crippen LogP contribution in [0.5, 0.6) is 0 Å². The average molecular weight is 338 g/mol. The maximum absolute atomic E-state index is 12.5. The van der Waals surface area contributed by atoms with Crippen LogP contribution in [0.2, 0.25) is 0 Å². The molecule has 0 spiro atoms. The first-order chi connectivity index (χ1) is 12.1. The zero-order chi connectivity index (χ0) is 17.6. The number of hydrogen-bond donors (Lipinski definition) is 0. The second-order valence-electron chi connectivity index (χ2n) is 6.04. The van der Waals surface area contributed by atoms with Gasteiger partial charge in [-0.25, -0.2) is 9.67 Å². The summed E-state index contributed by atoms with van der Waals surface area (Å²) in [4.78, 5) is 18.3. The van der Waals surface area contributed by atoms with Gasteiger partial charge in [-0.2, -0.15) is 0 Å². The Morgan fingerprint density at radius 1 is 1.24 bits per heavy atom. The molecule has 0 saturated heterocycles. The number of nitrogens with zero attached hydrogens (tertiary/aromatic N) is 6. The van der Waals surface area contributed by atoms with Crippen LogP contribution >= 0.6 is 0 Å². The summed E-state index contributed by atoms with van der Waals surface area (Å²) in [5, 5.41) is 8.07. The van der Waals surface area contributed by atoms with Gasteiger partial charge in [0.15, 0.2) is 5.69 Å². The molecular weight excluding hydrogens is 316 g/mol. The van der Waals surface area contributed by atoms with Gasteiger partial charge in [0, 0.05) is 32.5 Å². The van der Waals surface area contributed by atoms with Gasteiger partial charge in [0.1, 0.15) is 5.82 Å². The highest BCUT2D eigenvalue weighted by atomic mass is 16.2. The molecular formula is C18H22N6O. The number of carbonyl (C=O) groups is 1. The van der Waals surface area contributed by atoms with E-state index in [0.29, 0.717) is 18.8 Å². The van der Waals surface area contributed by atoms with Crippen LogP contribution in [0.15, 0.2) is 48.9 Å². The fourth-order valence-electron chi connectivity index (χ4n) is 2.66. The molecule has 0 aliphatic rings. The highest BCUT2D eigenvalue weighted by Crippen LogP contribution is 2.05. The zero-order valence-electron chi connectivity index (χ0n) is 14.5. The van der Waals surface area contributed by atoms with E-state index in [4.69, 9.17) is 0 Å². The summed E-state index contributed by atoms with van der Waals surface area (Å²) in [7, 11) is 1.79. The van der Waals surface area contributed by atoms with Crippen molar-refractivity contribution >= 4 is 5.91 Å². The average Bonchev–Trinajstić information content (AvgIpc) is 3.24. The van der Waals surface area contributed by atoms with Crippen molar-refractivity contribution in [1.29, 1.82) is 0 Å². The quantitative estimate of drug-likeness (QED) is 0.661. The zero-order valence-corrected chi connectivity index (χ0v) is 14.5. The molecule has 0 aliphatic heterocycles. The molecule has 0 unspecified atom stereocenters. The van der Waals surface area contributed by atoms with Crippen molar-refractivity contribution in [2.45, 2.75) is 26.4 Å². The molecule has 0 bridgehead atoms. The molecule has 7 heteroatoms. The minimum absolute atomic E-state index is 0.110. The summed E-state index contributed by atoms with van der Waals surface area (Å²) >= 11 is 0. The minimum Gasteiger partial charge on any atom is -0.340 e. The predicted octanol–water partition coefficient (Wildman–Crippen LogP) is 1.99. The standard InChI is InChI=1S/C18H22N6O/c1-15-19-9-12-23(15)11-6-10-22(2)18(25)17-14-24(21-20-17)13-16-7-4-3-5-8-16/h3-5,7-9,12,14H,6,10-11,13H2,1-2H3. The van der Waals surface area contributed by atoms with Gasteiger partial charge in [-0.1, -0.05) is 35.5 Å². The lowest BCUT2D eigenvalue weighted by Crippen LogP contribution is -2.28. The maximum atomic E-state index is 12.5. The molecule has 3 rings (SSSR count). The lowest BCUT2D eigenvalue weighted by Gasteiger charge is -2.15. The summed E-state index contributed by atoms with van der Waals surface area (Å²) in [5.41, 5.74) is 1.49. The van der Waals surface area contributed by atoms with E-state index in [1.807, 2.05) is 43.5 Å². The van der Waals surface area contributed by atoms with Crippen LogP contribution in [0.1, 0.15) is 28.3 Å². The Kier molecular flexibility index (Phi) is 5.23. The van der Waals surface area contributed by atoms with Gasteiger partial charge < -0.3 is 9.47 Å². The second-order valence-corrected chi connectivity index (χ2v) is 6.04. The third-order valence-corrected chi connectivity index (χ3v) is 4.11. The third kappa shape index (κ3) is 4.32. The van der Waals surface area contributed by atoms with E-state index >= 15 is 0 Å². The van der Waals surface area contributed by atoms with Crippen molar-refractivity contribution in [3.8, 4) is 0 Å². The van der Waals surface area contributed by atoms with E-state index < -0.39 is 0 Å². The van der Waals surface area contributed by atoms with Crippen molar-refractivity contribution in [3.05, 3.63) is 66.0 Å². The van der Waals surface area contributed by atoms with Crippen LogP contribution in [0.4, 0.5) is 0 Å². The number of amides is 1. The van der Waals surface area contributed by atoms with E-state index in [1.54, 1.807) is 29.0 Å². The van der Waals surface area contributed by atoms with E-state index in [1.165, 1.54) is 0 Å². The number of rotatable bonds is 7.